The Morgan fingerprint density at radius 3 is 2.65 bits per heavy atom. The molecule has 17 heavy (non-hydrogen) atoms. The molecule has 0 bridgehead atoms. The Morgan fingerprint density at radius 2 is 2.06 bits per heavy atom. The lowest BCUT2D eigenvalue weighted by Crippen LogP contribution is -2.35. The lowest BCUT2D eigenvalue weighted by atomic mass is 10.1. The average Bonchev–Trinajstić information content (AvgIpc) is 2.18. The van der Waals surface area contributed by atoms with Gasteiger partial charge in [-0.05, 0) is 26.8 Å². The summed E-state index contributed by atoms with van der Waals surface area (Å²) >= 11 is 0. The Morgan fingerprint density at radius 1 is 1.41 bits per heavy atom. The number of aromatic nitrogens is 1. The van der Waals surface area contributed by atoms with Gasteiger partial charge in [-0.2, -0.15) is 4.73 Å². The van der Waals surface area contributed by atoms with E-state index in [2.05, 4.69) is 0 Å². The van der Waals surface area contributed by atoms with E-state index >= 15 is 0 Å². The first kappa shape index (κ1) is 13.5. The van der Waals surface area contributed by atoms with Crippen molar-refractivity contribution >= 4 is 5.97 Å². The number of pyridine rings is 1. The number of carbonyl (C=O) groups is 1. The standard InChI is InChI=1S/C13H19NO3/c1-10-6-5-7-11(14(10)16)8-9-12(15)17-13(2,3)4/h5-7H,8-9H2,1-4H3. The maximum Gasteiger partial charge on any atom is 0.306 e. The van der Waals surface area contributed by atoms with Gasteiger partial charge in [0.2, 0.25) is 0 Å². The molecule has 0 atom stereocenters. The number of rotatable bonds is 3. The van der Waals surface area contributed by atoms with Crippen LogP contribution in [0, 0.1) is 12.1 Å². The summed E-state index contributed by atoms with van der Waals surface area (Å²) in [5.41, 5.74) is 0.750. The summed E-state index contributed by atoms with van der Waals surface area (Å²) in [7, 11) is 0. The Kier molecular flexibility index (Phi) is 4.10. The topological polar surface area (TPSA) is 53.2 Å². The van der Waals surface area contributed by atoms with Gasteiger partial charge in [-0.3, -0.25) is 4.79 Å². The molecule has 0 fully saturated rings. The molecule has 0 saturated heterocycles. The molecule has 4 heteroatoms. The van der Waals surface area contributed by atoms with Crippen LogP contribution in [0.1, 0.15) is 38.6 Å². The quantitative estimate of drug-likeness (QED) is 0.458. The van der Waals surface area contributed by atoms with Gasteiger partial charge in [-0.1, -0.05) is 0 Å². The first-order valence-corrected chi connectivity index (χ1v) is 5.69. The Bertz CT molecular complexity index is 408. The summed E-state index contributed by atoms with van der Waals surface area (Å²) in [6.45, 7) is 7.21. The number of aryl methyl sites for hydroxylation is 2. The highest BCUT2D eigenvalue weighted by atomic mass is 16.6. The first-order chi connectivity index (χ1) is 7.79. The molecule has 0 unspecified atom stereocenters. The first-order valence-electron chi connectivity index (χ1n) is 5.69. The summed E-state index contributed by atoms with van der Waals surface area (Å²) in [6, 6.07) is 5.28. The van der Waals surface area contributed by atoms with Crippen molar-refractivity contribution in [1.29, 1.82) is 0 Å². The highest BCUT2D eigenvalue weighted by Crippen LogP contribution is 2.09. The third kappa shape index (κ3) is 4.43. The fourth-order valence-corrected chi connectivity index (χ4v) is 1.47. The van der Waals surface area contributed by atoms with Crippen molar-refractivity contribution in [1.82, 2.24) is 0 Å². The van der Waals surface area contributed by atoms with Gasteiger partial charge >= 0.3 is 5.97 Å². The van der Waals surface area contributed by atoms with E-state index in [1.54, 1.807) is 19.1 Å². The Hall–Kier alpha value is -1.58. The van der Waals surface area contributed by atoms with Gasteiger partial charge in [0.15, 0.2) is 11.4 Å². The zero-order valence-electron chi connectivity index (χ0n) is 10.8. The van der Waals surface area contributed by atoms with E-state index in [4.69, 9.17) is 4.74 Å². The fourth-order valence-electron chi connectivity index (χ4n) is 1.47. The van der Waals surface area contributed by atoms with Crippen LogP contribution in [0.2, 0.25) is 0 Å². The SMILES string of the molecule is Cc1cccc(CCC(=O)OC(C)(C)C)[n+]1[O-]. The van der Waals surface area contributed by atoms with Gasteiger partial charge in [0.05, 0.1) is 6.42 Å². The van der Waals surface area contributed by atoms with Gasteiger partial charge in [0, 0.05) is 25.5 Å². The monoisotopic (exact) mass is 237 g/mol. The maximum atomic E-state index is 11.6. The van der Waals surface area contributed by atoms with Crippen LogP contribution in [-0.4, -0.2) is 11.6 Å². The summed E-state index contributed by atoms with van der Waals surface area (Å²) in [5, 5.41) is 11.6. The molecule has 0 N–H and O–H groups in total. The minimum Gasteiger partial charge on any atom is -0.618 e. The molecule has 1 heterocycles. The van der Waals surface area contributed by atoms with Crippen LogP contribution in [0.4, 0.5) is 0 Å². The number of carbonyl (C=O) groups excluding carboxylic acids is 1. The molecule has 0 aliphatic heterocycles. The van der Waals surface area contributed by atoms with E-state index in [1.807, 2.05) is 26.8 Å². The molecular formula is C13H19NO3. The predicted molar refractivity (Wildman–Crippen MR) is 64.3 cm³/mol. The van der Waals surface area contributed by atoms with Crippen LogP contribution < -0.4 is 4.73 Å². The van der Waals surface area contributed by atoms with Crippen LogP contribution in [-0.2, 0) is 16.0 Å². The van der Waals surface area contributed by atoms with E-state index < -0.39 is 5.60 Å². The Labute approximate surface area is 102 Å². The van der Waals surface area contributed by atoms with Crippen LogP contribution in [0.5, 0.6) is 0 Å². The van der Waals surface area contributed by atoms with Crippen molar-refractivity contribution < 1.29 is 14.3 Å². The lowest BCUT2D eigenvalue weighted by molar-refractivity contribution is -0.620. The highest BCUT2D eigenvalue weighted by Gasteiger charge is 2.17. The molecule has 0 radical (unpaired) electrons. The van der Waals surface area contributed by atoms with Crippen LogP contribution in [0.3, 0.4) is 0 Å². The van der Waals surface area contributed by atoms with Crippen molar-refractivity contribution in [2.45, 2.75) is 46.1 Å². The molecule has 0 aliphatic rings. The highest BCUT2D eigenvalue weighted by molar-refractivity contribution is 5.70. The lowest BCUT2D eigenvalue weighted by Gasteiger charge is -2.19. The van der Waals surface area contributed by atoms with E-state index in [0.717, 1.165) is 4.73 Å². The smallest absolute Gasteiger partial charge is 0.306 e. The molecule has 0 aromatic carbocycles. The normalized spacial score (nSPS) is 11.3. The second-order valence-corrected chi connectivity index (χ2v) is 5.04. The zero-order chi connectivity index (χ0) is 13.1. The maximum absolute atomic E-state index is 11.6. The summed E-state index contributed by atoms with van der Waals surface area (Å²) in [6.07, 6.45) is 0.628. The molecule has 0 spiro atoms. The van der Waals surface area contributed by atoms with E-state index in [-0.39, 0.29) is 12.4 Å². The number of ether oxygens (including phenoxy) is 1. The third-order valence-electron chi connectivity index (χ3n) is 2.21. The number of esters is 1. The van der Waals surface area contributed by atoms with Crippen molar-refractivity contribution in [2.24, 2.45) is 0 Å². The molecule has 0 aliphatic carbocycles. The molecule has 1 aromatic heterocycles. The van der Waals surface area contributed by atoms with E-state index in [9.17, 15) is 10.0 Å². The number of hydrogen-bond donors (Lipinski definition) is 0. The van der Waals surface area contributed by atoms with Crippen molar-refractivity contribution in [3.63, 3.8) is 0 Å². The van der Waals surface area contributed by atoms with Crippen LogP contribution in [0.15, 0.2) is 18.2 Å². The summed E-state index contributed by atoms with van der Waals surface area (Å²) in [5.74, 6) is -0.279. The van der Waals surface area contributed by atoms with E-state index in [0.29, 0.717) is 17.8 Å². The van der Waals surface area contributed by atoms with Gasteiger partial charge in [0.1, 0.15) is 5.60 Å². The number of nitrogens with zero attached hydrogens (tertiary/aromatic N) is 1. The van der Waals surface area contributed by atoms with Crippen molar-refractivity contribution in [3.8, 4) is 0 Å². The predicted octanol–water partition coefficient (Wildman–Crippen LogP) is 1.90. The minimum absolute atomic E-state index is 0.225. The second-order valence-electron chi connectivity index (χ2n) is 5.04. The molecule has 0 amide bonds. The summed E-state index contributed by atoms with van der Waals surface area (Å²) < 4.78 is 6.03. The second kappa shape index (κ2) is 5.17. The molecule has 94 valence electrons. The van der Waals surface area contributed by atoms with Crippen molar-refractivity contribution in [3.05, 3.63) is 34.8 Å². The van der Waals surface area contributed by atoms with Crippen LogP contribution >= 0.6 is 0 Å². The molecule has 0 saturated carbocycles. The molecule has 1 rings (SSSR count). The molecule has 1 aromatic rings. The zero-order valence-corrected chi connectivity index (χ0v) is 10.8. The Balaban J connectivity index is 2.56. The third-order valence-corrected chi connectivity index (χ3v) is 2.21. The molecular weight excluding hydrogens is 218 g/mol. The van der Waals surface area contributed by atoms with Gasteiger partial charge < -0.3 is 9.94 Å². The number of hydrogen-bond acceptors (Lipinski definition) is 3. The average molecular weight is 237 g/mol. The van der Waals surface area contributed by atoms with Crippen molar-refractivity contribution in [2.75, 3.05) is 0 Å². The van der Waals surface area contributed by atoms with Gasteiger partial charge in [-0.15, -0.1) is 0 Å². The molecule has 4 nitrogen and oxygen atoms in total. The minimum atomic E-state index is -0.475. The summed E-state index contributed by atoms with van der Waals surface area (Å²) in [4.78, 5) is 11.5. The fraction of sp³-hybridized carbons (Fsp3) is 0.538. The van der Waals surface area contributed by atoms with Gasteiger partial charge in [-0.25, -0.2) is 0 Å². The van der Waals surface area contributed by atoms with E-state index in [1.165, 1.54) is 0 Å². The van der Waals surface area contributed by atoms with Gasteiger partial charge in [0.25, 0.3) is 0 Å². The largest absolute Gasteiger partial charge is 0.618 e. The van der Waals surface area contributed by atoms with Crippen LogP contribution in [0.25, 0.3) is 0 Å².